The summed E-state index contributed by atoms with van der Waals surface area (Å²) in [5.41, 5.74) is 6.89. The van der Waals surface area contributed by atoms with Crippen LogP contribution in [0.4, 0.5) is 0 Å². The van der Waals surface area contributed by atoms with E-state index in [-0.39, 0.29) is 30.0 Å². The third kappa shape index (κ3) is 10.4. The predicted octanol–water partition coefficient (Wildman–Crippen LogP) is 2.16. The molecule has 0 fully saturated rings. The van der Waals surface area contributed by atoms with Gasteiger partial charge >= 0.3 is 0 Å². The van der Waals surface area contributed by atoms with Crippen LogP contribution in [0.1, 0.15) is 18.9 Å². The fourth-order valence-electron chi connectivity index (χ4n) is 1.89. The highest BCUT2D eigenvalue weighted by atomic mass is 127. The van der Waals surface area contributed by atoms with Gasteiger partial charge in [0.1, 0.15) is 5.75 Å². The van der Waals surface area contributed by atoms with Gasteiger partial charge in [0.25, 0.3) is 0 Å². The Morgan fingerprint density at radius 1 is 1.26 bits per heavy atom. The number of nitrogens with zero attached hydrogens (tertiary/aromatic N) is 1. The first-order chi connectivity index (χ1) is 10.7. The van der Waals surface area contributed by atoms with Crippen molar-refractivity contribution in [2.24, 2.45) is 10.7 Å². The highest BCUT2D eigenvalue weighted by Crippen LogP contribution is 2.14. The van der Waals surface area contributed by atoms with E-state index in [0.29, 0.717) is 32.3 Å². The molecule has 0 amide bonds. The SMILES string of the molecule is COCCCOc1cccc(CN=C(N)NC(C)COC)c1.I. The number of halogens is 1. The zero-order valence-corrected chi connectivity index (χ0v) is 16.4. The summed E-state index contributed by atoms with van der Waals surface area (Å²) in [6.45, 7) is 4.42. The fourth-order valence-corrected chi connectivity index (χ4v) is 1.89. The van der Waals surface area contributed by atoms with Gasteiger partial charge in [-0.25, -0.2) is 4.99 Å². The number of rotatable bonds is 10. The van der Waals surface area contributed by atoms with Crippen LogP contribution in [0.25, 0.3) is 0 Å². The Morgan fingerprint density at radius 2 is 2.04 bits per heavy atom. The molecule has 0 aliphatic rings. The second-order valence-electron chi connectivity index (χ2n) is 5.04. The van der Waals surface area contributed by atoms with Crippen LogP contribution in [0.15, 0.2) is 29.3 Å². The Balaban J connectivity index is 0.00000484. The number of hydrogen-bond donors (Lipinski definition) is 2. The van der Waals surface area contributed by atoms with Gasteiger partial charge in [-0.3, -0.25) is 0 Å². The summed E-state index contributed by atoms with van der Waals surface area (Å²) in [6.07, 6.45) is 0.868. The second kappa shape index (κ2) is 13.4. The van der Waals surface area contributed by atoms with E-state index >= 15 is 0 Å². The summed E-state index contributed by atoms with van der Waals surface area (Å²) < 4.78 is 15.7. The monoisotopic (exact) mass is 437 g/mol. The maximum absolute atomic E-state index is 5.84. The van der Waals surface area contributed by atoms with Gasteiger partial charge in [0.2, 0.25) is 0 Å². The van der Waals surface area contributed by atoms with Crippen LogP contribution in [0, 0.1) is 0 Å². The Labute approximate surface area is 155 Å². The first kappa shape index (κ1) is 21.9. The molecule has 6 nitrogen and oxygen atoms in total. The molecule has 3 N–H and O–H groups in total. The smallest absolute Gasteiger partial charge is 0.189 e. The fraction of sp³-hybridized carbons (Fsp3) is 0.562. The van der Waals surface area contributed by atoms with Crippen molar-refractivity contribution in [2.75, 3.05) is 34.0 Å². The zero-order valence-electron chi connectivity index (χ0n) is 14.1. The maximum Gasteiger partial charge on any atom is 0.189 e. The van der Waals surface area contributed by atoms with Crippen molar-refractivity contribution in [3.63, 3.8) is 0 Å². The molecule has 1 aromatic rings. The van der Waals surface area contributed by atoms with E-state index in [4.69, 9.17) is 19.9 Å². The largest absolute Gasteiger partial charge is 0.493 e. The van der Waals surface area contributed by atoms with Crippen molar-refractivity contribution in [3.8, 4) is 5.75 Å². The molecular formula is C16H28IN3O3. The summed E-state index contributed by atoms with van der Waals surface area (Å²) in [4.78, 5) is 4.32. The van der Waals surface area contributed by atoms with Crippen LogP contribution >= 0.6 is 24.0 Å². The number of nitrogens with two attached hydrogens (primary N) is 1. The topological polar surface area (TPSA) is 78.1 Å². The van der Waals surface area contributed by atoms with Gasteiger partial charge in [-0.2, -0.15) is 0 Å². The van der Waals surface area contributed by atoms with Gasteiger partial charge in [-0.05, 0) is 24.6 Å². The van der Waals surface area contributed by atoms with Crippen molar-refractivity contribution >= 4 is 29.9 Å². The average Bonchev–Trinajstić information content (AvgIpc) is 2.50. The molecule has 1 unspecified atom stereocenters. The van der Waals surface area contributed by atoms with E-state index in [1.54, 1.807) is 14.2 Å². The van der Waals surface area contributed by atoms with Gasteiger partial charge in [0.05, 0.1) is 19.8 Å². The van der Waals surface area contributed by atoms with Crippen LogP contribution in [0.5, 0.6) is 5.75 Å². The summed E-state index contributed by atoms with van der Waals surface area (Å²) in [6, 6.07) is 7.99. The molecule has 1 rings (SSSR count). The van der Waals surface area contributed by atoms with Crippen molar-refractivity contribution in [3.05, 3.63) is 29.8 Å². The first-order valence-corrected chi connectivity index (χ1v) is 7.41. The minimum Gasteiger partial charge on any atom is -0.493 e. The van der Waals surface area contributed by atoms with E-state index in [2.05, 4.69) is 10.3 Å². The Morgan fingerprint density at radius 3 is 2.74 bits per heavy atom. The van der Waals surface area contributed by atoms with Crippen LogP contribution in [-0.4, -0.2) is 46.0 Å². The molecule has 132 valence electrons. The molecule has 0 aliphatic heterocycles. The van der Waals surface area contributed by atoms with Gasteiger partial charge in [0.15, 0.2) is 5.96 Å². The van der Waals surface area contributed by atoms with E-state index in [1.807, 2.05) is 31.2 Å². The molecule has 0 bridgehead atoms. The average molecular weight is 437 g/mol. The maximum atomic E-state index is 5.84. The van der Waals surface area contributed by atoms with Gasteiger partial charge in [0, 0.05) is 33.3 Å². The number of aliphatic imine (C=N–C) groups is 1. The predicted molar refractivity (Wildman–Crippen MR) is 104 cm³/mol. The Kier molecular flexibility index (Phi) is 12.8. The molecule has 1 atom stereocenters. The molecule has 0 saturated carbocycles. The quantitative estimate of drug-likeness (QED) is 0.254. The summed E-state index contributed by atoms with van der Waals surface area (Å²) in [7, 11) is 3.34. The third-order valence-electron chi connectivity index (χ3n) is 2.90. The molecule has 0 spiro atoms. The van der Waals surface area contributed by atoms with Crippen molar-refractivity contribution in [2.45, 2.75) is 25.9 Å². The van der Waals surface area contributed by atoms with Crippen LogP contribution in [-0.2, 0) is 16.0 Å². The van der Waals surface area contributed by atoms with E-state index in [1.165, 1.54) is 0 Å². The number of nitrogens with one attached hydrogen (secondary N) is 1. The lowest BCUT2D eigenvalue weighted by molar-refractivity contribution is 0.172. The lowest BCUT2D eigenvalue weighted by Gasteiger charge is -2.13. The van der Waals surface area contributed by atoms with Crippen molar-refractivity contribution in [1.82, 2.24) is 5.32 Å². The van der Waals surface area contributed by atoms with E-state index in [0.717, 1.165) is 17.7 Å². The van der Waals surface area contributed by atoms with Crippen LogP contribution in [0.3, 0.4) is 0 Å². The number of guanidine groups is 1. The van der Waals surface area contributed by atoms with E-state index < -0.39 is 0 Å². The van der Waals surface area contributed by atoms with Crippen molar-refractivity contribution < 1.29 is 14.2 Å². The lowest BCUT2D eigenvalue weighted by Crippen LogP contribution is -2.40. The molecule has 7 heteroatoms. The highest BCUT2D eigenvalue weighted by molar-refractivity contribution is 14.0. The minimum absolute atomic E-state index is 0. The molecule has 0 radical (unpaired) electrons. The molecule has 0 aromatic heterocycles. The van der Waals surface area contributed by atoms with Crippen molar-refractivity contribution in [1.29, 1.82) is 0 Å². The first-order valence-electron chi connectivity index (χ1n) is 7.41. The number of benzene rings is 1. The standard InChI is InChI=1S/C16H27N3O3.HI/c1-13(12-21-3)19-16(17)18-11-14-6-4-7-15(10-14)22-9-5-8-20-2;/h4,6-7,10,13H,5,8-9,11-12H2,1-3H3,(H3,17,18,19);1H. The van der Waals surface area contributed by atoms with E-state index in [9.17, 15) is 0 Å². The lowest BCUT2D eigenvalue weighted by atomic mass is 10.2. The third-order valence-corrected chi connectivity index (χ3v) is 2.90. The van der Waals surface area contributed by atoms with Crippen LogP contribution in [0.2, 0.25) is 0 Å². The second-order valence-corrected chi connectivity index (χ2v) is 5.04. The Hall–Kier alpha value is -1.06. The minimum atomic E-state index is 0. The zero-order chi connectivity index (χ0) is 16.2. The molecule has 1 aromatic carbocycles. The molecular weight excluding hydrogens is 409 g/mol. The molecule has 23 heavy (non-hydrogen) atoms. The number of methoxy groups -OCH3 is 2. The van der Waals surface area contributed by atoms with Gasteiger partial charge in [-0.1, -0.05) is 12.1 Å². The summed E-state index contributed by atoms with van der Waals surface area (Å²) in [5.74, 6) is 1.25. The summed E-state index contributed by atoms with van der Waals surface area (Å²) >= 11 is 0. The molecule has 0 heterocycles. The Bertz CT molecular complexity index is 458. The molecule has 0 aliphatic carbocycles. The molecule has 0 saturated heterocycles. The normalized spacial score (nSPS) is 12.4. The van der Waals surface area contributed by atoms with Crippen LogP contribution < -0.4 is 15.8 Å². The highest BCUT2D eigenvalue weighted by Gasteiger charge is 2.02. The van der Waals surface area contributed by atoms with Gasteiger partial charge in [-0.15, -0.1) is 24.0 Å². The van der Waals surface area contributed by atoms with Gasteiger partial charge < -0.3 is 25.3 Å². The number of hydrogen-bond acceptors (Lipinski definition) is 4. The number of ether oxygens (including phenoxy) is 3. The summed E-state index contributed by atoms with van der Waals surface area (Å²) in [5, 5.41) is 3.07.